The van der Waals surface area contributed by atoms with Crippen molar-refractivity contribution in [3.05, 3.63) is 48.5 Å². The molecule has 1 saturated heterocycles. The lowest BCUT2D eigenvalue weighted by molar-refractivity contribution is -0.274. The van der Waals surface area contributed by atoms with Crippen LogP contribution in [0.1, 0.15) is 16.9 Å². The van der Waals surface area contributed by atoms with Gasteiger partial charge in [-0.25, -0.2) is 19.3 Å². The molecule has 184 valence electrons. The number of halogens is 4. The second-order valence-corrected chi connectivity index (χ2v) is 7.63. The van der Waals surface area contributed by atoms with Gasteiger partial charge in [0.25, 0.3) is 5.91 Å². The summed E-state index contributed by atoms with van der Waals surface area (Å²) in [6.45, 7) is 0.512. The average molecular weight is 492 g/mol. The van der Waals surface area contributed by atoms with E-state index in [4.69, 9.17) is 11.5 Å². The Morgan fingerprint density at radius 2 is 1.91 bits per heavy atom. The van der Waals surface area contributed by atoms with Crippen LogP contribution in [0, 0.1) is 0 Å². The van der Waals surface area contributed by atoms with Crippen LogP contribution in [0.2, 0.25) is 0 Å². The molecule has 14 heteroatoms. The molecular weight excluding hydrogens is 472 g/mol. The van der Waals surface area contributed by atoms with Gasteiger partial charge in [0, 0.05) is 25.0 Å². The molecule has 1 fully saturated rings. The molecule has 1 aliphatic heterocycles. The van der Waals surface area contributed by atoms with Crippen LogP contribution in [0.5, 0.6) is 5.75 Å². The van der Waals surface area contributed by atoms with Crippen LogP contribution in [-0.4, -0.2) is 57.5 Å². The summed E-state index contributed by atoms with van der Waals surface area (Å²) in [5.74, 6) is -1.57. The molecule has 0 aromatic carbocycles. The number of carbonyl (C=O) groups excluding carboxylic acids is 1. The predicted molar refractivity (Wildman–Crippen MR) is 118 cm³/mol. The van der Waals surface area contributed by atoms with E-state index < -0.39 is 30.2 Å². The maximum Gasteiger partial charge on any atom is 0.573 e. The Bertz CT molecular complexity index is 1230. The molecule has 4 rings (SSSR count). The van der Waals surface area contributed by atoms with Crippen LogP contribution >= 0.6 is 0 Å². The second kappa shape index (κ2) is 9.66. The number of amides is 1. The minimum absolute atomic E-state index is 0.0405. The van der Waals surface area contributed by atoms with Crippen LogP contribution in [0.4, 0.5) is 34.9 Å². The van der Waals surface area contributed by atoms with Crippen LogP contribution in [-0.2, 0) is 0 Å². The van der Waals surface area contributed by atoms with Crippen molar-refractivity contribution < 1.29 is 27.1 Å². The third-order valence-corrected chi connectivity index (χ3v) is 5.20. The standard InChI is InChI=1S/C21H20F4N8O2/c22-11-10-33(8-5-12(11)26)14-3-1-7-29-19(14)32-20(34)17-18(27)31-13(9-30-17)16-15(4-2-6-28-16)35-21(23,24)25/h1-4,6-7,9,11-12H,5,8,10,26H2,(H2,27,31)(H,29,32,34)/t11-,12+/m0/s1. The number of piperidine rings is 1. The molecular formula is C21H20F4N8O2. The van der Waals surface area contributed by atoms with E-state index in [9.17, 15) is 22.4 Å². The van der Waals surface area contributed by atoms with Gasteiger partial charge in [-0.2, -0.15) is 0 Å². The molecule has 3 aromatic heterocycles. The van der Waals surface area contributed by atoms with E-state index in [-0.39, 0.29) is 35.3 Å². The summed E-state index contributed by atoms with van der Waals surface area (Å²) < 4.78 is 56.2. The first-order valence-corrected chi connectivity index (χ1v) is 10.4. The van der Waals surface area contributed by atoms with Crippen molar-refractivity contribution in [2.24, 2.45) is 5.73 Å². The zero-order valence-corrected chi connectivity index (χ0v) is 18.0. The molecule has 0 aliphatic carbocycles. The number of carbonyl (C=O) groups is 1. The van der Waals surface area contributed by atoms with Crippen molar-refractivity contribution >= 4 is 23.2 Å². The zero-order valence-electron chi connectivity index (χ0n) is 18.0. The molecule has 0 bridgehead atoms. The predicted octanol–water partition coefficient (Wildman–Crippen LogP) is 2.54. The molecule has 5 N–H and O–H groups in total. The number of aromatic nitrogens is 4. The SMILES string of the molecule is Nc1nc(-c2ncccc2OC(F)(F)F)cnc1C(=O)Nc1ncccc1N1CC[C@@H](N)[C@@H](F)C1. The Balaban J connectivity index is 1.56. The highest BCUT2D eigenvalue weighted by Crippen LogP contribution is 2.32. The maximum absolute atomic E-state index is 14.1. The summed E-state index contributed by atoms with van der Waals surface area (Å²) in [4.78, 5) is 30.5. The van der Waals surface area contributed by atoms with Crippen LogP contribution < -0.4 is 26.4 Å². The van der Waals surface area contributed by atoms with E-state index in [1.54, 1.807) is 17.0 Å². The van der Waals surface area contributed by atoms with E-state index in [1.807, 2.05) is 0 Å². The van der Waals surface area contributed by atoms with Gasteiger partial charge in [-0.15, -0.1) is 13.2 Å². The lowest BCUT2D eigenvalue weighted by atomic mass is 10.0. The quantitative estimate of drug-likeness (QED) is 0.458. The highest BCUT2D eigenvalue weighted by molar-refractivity contribution is 6.06. The normalized spacial score (nSPS) is 18.3. The van der Waals surface area contributed by atoms with Gasteiger partial charge in [0.1, 0.15) is 17.6 Å². The summed E-state index contributed by atoms with van der Waals surface area (Å²) >= 11 is 0. The Morgan fingerprint density at radius 3 is 2.63 bits per heavy atom. The van der Waals surface area contributed by atoms with E-state index in [2.05, 4.69) is 30.0 Å². The number of nitrogens with two attached hydrogens (primary N) is 2. The van der Waals surface area contributed by atoms with Crippen molar-refractivity contribution in [3.8, 4) is 17.1 Å². The van der Waals surface area contributed by atoms with Crippen molar-refractivity contribution in [2.45, 2.75) is 25.0 Å². The topological polar surface area (TPSA) is 145 Å². The van der Waals surface area contributed by atoms with Gasteiger partial charge in [-0.05, 0) is 30.7 Å². The van der Waals surface area contributed by atoms with Crippen molar-refractivity contribution in [2.75, 3.05) is 29.0 Å². The molecule has 10 nitrogen and oxygen atoms in total. The molecule has 0 unspecified atom stereocenters. The number of rotatable bonds is 5. The second-order valence-electron chi connectivity index (χ2n) is 7.63. The fourth-order valence-electron chi connectivity index (χ4n) is 3.54. The van der Waals surface area contributed by atoms with Gasteiger partial charge in [0.05, 0.1) is 18.4 Å². The number of alkyl halides is 4. The van der Waals surface area contributed by atoms with Gasteiger partial charge in [-0.1, -0.05) is 0 Å². The van der Waals surface area contributed by atoms with Crippen molar-refractivity contribution in [1.29, 1.82) is 0 Å². The Morgan fingerprint density at radius 1 is 1.17 bits per heavy atom. The molecule has 0 radical (unpaired) electrons. The van der Waals surface area contributed by atoms with Gasteiger partial charge in [0.2, 0.25) is 0 Å². The van der Waals surface area contributed by atoms with E-state index in [0.717, 1.165) is 12.3 Å². The van der Waals surface area contributed by atoms with Gasteiger partial charge >= 0.3 is 6.36 Å². The lowest BCUT2D eigenvalue weighted by Gasteiger charge is -2.35. The fourth-order valence-corrected chi connectivity index (χ4v) is 3.54. The summed E-state index contributed by atoms with van der Waals surface area (Å²) in [6.07, 6.45) is -2.01. The molecule has 2 atom stereocenters. The molecule has 1 aliphatic rings. The number of hydrogen-bond donors (Lipinski definition) is 3. The highest BCUT2D eigenvalue weighted by Gasteiger charge is 2.33. The van der Waals surface area contributed by atoms with Gasteiger partial charge < -0.3 is 26.4 Å². The van der Waals surface area contributed by atoms with E-state index >= 15 is 0 Å². The van der Waals surface area contributed by atoms with Crippen molar-refractivity contribution in [3.63, 3.8) is 0 Å². The van der Waals surface area contributed by atoms with E-state index in [0.29, 0.717) is 18.7 Å². The molecule has 35 heavy (non-hydrogen) atoms. The average Bonchev–Trinajstić information content (AvgIpc) is 2.80. The van der Waals surface area contributed by atoms with Gasteiger partial charge in [-0.3, -0.25) is 9.78 Å². The lowest BCUT2D eigenvalue weighted by Crippen LogP contribution is -2.48. The minimum Gasteiger partial charge on any atom is -0.403 e. The first kappa shape index (κ1) is 24.1. The summed E-state index contributed by atoms with van der Waals surface area (Å²) in [6, 6.07) is 5.08. The van der Waals surface area contributed by atoms with Crippen LogP contribution in [0.3, 0.4) is 0 Å². The smallest absolute Gasteiger partial charge is 0.403 e. The van der Waals surface area contributed by atoms with Crippen LogP contribution in [0.15, 0.2) is 42.9 Å². The molecule has 0 spiro atoms. The first-order valence-electron chi connectivity index (χ1n) is 10.4. The zero-order chi connectivity index (χ0) is 25.2. The Kier molecular flexibility index (Phi) is 6.64. The van der Waals surface area contributed by atoms with E-state index in [1.165, 1.54) is 18.5 Å². The fraction of sp³-hybridized carbons (Fsp3) is 0.286. The van der Waals surface area contributed by atoms with Crippen LogP contribution in [0.25, 0.3) is 11.4 Å². The molecule has 3 aromatic rings. The third kappa shape index (κ3) is 5.54. The number of ether oxygens (including phenoxy) is 1. The largest absolute Gasteiger partial charge is 0.573 e. The summed E-state index contributed by atoms with van der Waals surface area (Å²) in [7, 11) is 0. The highest BCUT2D eigenvalue weighted by atomic mass is 19.4. The number of anilines is 3. The third-order valence-electron chi connectivity index (χ3n) is 5.20. The number of nitrogens with zero attached hydrogens (tertiary/aromatic N) is 5. The Labute approximate surface area is 196 Å². The minimum atomic E-state index is -4.95. The van der Waals surface area contributed by atoms with Crippen molar-refractivity contribution in [1.82, 2.24) is 19.9 Å². The summed E-state index contributed by atoms with van der Waals surface area (Å²) in [5.41, 5.74) is 11.4. The molecule has 1 amide bonds. The molecule has 0 saturated carbocycles. The summed E-state index contributed by atoms with van der Waals surface area (Å²) in [5, 5.41) is 2.58. The Hall–Kier alpha value is -4.07. The maximum atomic E-state index is 14.1. The number of hydrogen-bond acceptors (Lipinski definition) is 9. The molecule has 4 heterocycles. The number of nitrogens with one attached hydrogen (secondary N) is 1. The first-order chi connectivity index (χ1) is 16.6. The van der Waals surface area contributed by atoms with Gasteiger partial charge in [0.15, 0.2) is 23.1 Å². The number of nitrogen functional groups attached to an aromatic ring is 1. The monoisotopic (exact) mass is 492 g/mol. The number of pyridine rings is 2.